The van der Waals surface area contributed by atoms with Crippen molar-refractivity contribution in [3.8, 4) is 0 Å². The van der Waals surface area contributed by atoms with Crippen LogP contribution in [0.25, 0.3) is 46.4 Å². The smallest absolute Gasteiger partial charge is 0.0658 e. The number of fused-ring (bicyclic) bond motifs is 8. The summed E-state index contributed by atoms with van der Waals surface area (Å²) in [6, 6.07) is 34.9. The van der Waals surface area contributed by atoms with Gasteiger partial charge in [-0.05, 0) is 103 Å². The molecule has 7 rings (SSSR count). The molecule has 0 spiro atoms. The Balaban J connectivity index is 0.000000175. The van der Waals surface area contributed by atoms with E-state index in [1.54, 1.807) is 0 Å². The Labute approximate surface area is 243 Å². The fourth-order valence-corrected chi connectivity index (χ4v) is 4.63. The van der Waals surface area contributed by atoms with Gasteiger partial charge in [-0.3, -0.25) is 0 Å². The number of nitrogen functional groups attached to an aromatic ring is 1. The fourth-order valence-electron chi connectivity index (χ4n) is 4.63. The quantitative estimate of drug-likeness (QED) is 0.151. The number of aryl methyl sites for hydroxylation is 2. The van der Waals surface area contributed by atoms with E-state index in [-0.39, 0.29) is 16.5 Å². The summed E-state index contributed by atoms with van der Waals surface area (Å²) < 4.78 is 0. The van der Waals surface area contributed by atoms with Crippen LogP contribution in [0.2, 0.25) is 0 Å². The van der Waals surface area contributed by atoms with Gasteiger partial charge in [-0.1, -0.05) is 48.5 Å². The van der Waals surface area contributed by atoms with Crippen LogP contribution in [0.3, 0.4) is 0 Å². The second-order valence-corrected chi connectivity index (χ2v) is 9.59. The van der Waals surface area contributed by atoms with Gasteiger partial charge in [0, 0.05) is 44.2 Å². The third-order valence-electron chi connectivity index (χ3n) is 6.62. The first-order valence-corrected chi connectivity index (χ1v) is 13.1. The van der Waals surface area contributed by atoms with E-state index in [0.29, 0.717) is 0 Å². The third kappa shape index (κ3) is 6.85. The predicted octanol–water partition coefficient (Wildman–Crippen LogP) is 7.71. The van der Waals surface area contributed by atoms with Gasteiger partial charge in [0.2, 0.25) is 0 Å². The summed E-state index contributed by atoms with van der Waals surface area (Å²) in [5, 5.41) is 0. The maximum atomic E-state index is 5.88. The Bertz CT molecular complexity index is 1660. The second kappa shape index (κ2) is 12.5. The number of benzene rings is 2. The van der Waals surface area contributed by atoms with E-state index in [9.17, 15) is 0 Å². The van der Waals surface area contributed by atoms with Crippen molar-refractivity contribution in [3.05, 3.63) is 137 Å². The number of anilines is 1. The number of aromatic amines is 2. The Hall–Kier alpha value is -4.67. The average Bonchev–Trinajstić information content (AvgIpc) is 3.76. The monoisotopic (exact) mass is 565 g/mol. The van der Waals surface area contributed by atoms with Gasteiger partial charge in [0.1, 0.15) is 0 Å². The van der Waals surface area contributed by atoms with Gasteiger partial charge in [0.15, 0.2) is 0 Å². The molecule has 6 heteroatoms. The molecule has 2 aromatic carbocycles. The number of nitrogens with zero attached hydrogens (tertiary/aromatic N) is 2. The maximum absolute atomic E-state index is 5.88. The molecule has 0 unspecified atom stereocenters. The van der Waals surface area contributed by atoms with Crippen LogP contribution in [0.5, 0.6) is 0 Å². The Morgan fingerprint density at radius 3 is 1.38 bits per heavy atom. The van der Waals surface area contributed by atoms with Gasteiger partial charge < -0.3 is 15.7 Å². The van der Waals surface area contributed by atoms with Crippen molar-refractivity contribution in [3.63, 3.8) is 0 Å². The number of hydrogen-bond acceptors (Lipinski definition) is 3. The maximum Gasteiger partial charge on any atom is 0.0658 e. The summed E-state index contributed by atoms with van der Waals surface area (Å²) in [5.74, 6) is 0. The van der Waals surface area contributed by atoms with E-state index in [0.717, 1.165) is 63.4 Å². The molecule has 0 saturated heterocycles. The number of para-hydroxylation sites is 1. The third-order valence-corrected chi connectivity index (χ3v) is 6.62. The molecular weight excluding hydrogens is 537 g/mol. The van der Waals surface area contributed by atoms with Crippen molar-refractivity contribution >= 4 is 52.1 Å². The van der Waals surface area contributed by atoms with Crippen molar-refractivity contribution in [1.29, 1.82) is 0 Å². The Morgan fingerprint density at radius 1 is 0.500 bits per heavy atom. The number of aromatic nitrogens is 4. The molecule has 2 aliphatic heterocycles. The summed E-state index contributed by atoms with van der Waals surface area (Å²) in [5.41, 5.74) is 17.2. The summed E-state index contributed by atoms with van der Waals surface area (Å²) in [7, 11) is 0. The van der Waals surface area contributed by atoms with Crippen molar-refractivity contribution in [2.24, 2.45) is 0 Å². The van der Waals surface area contributed by atoms with Crippen LogP contribution in [0.4, 0.5) is 5.69 Å². The SMILES string of the molecule is C1=Cc2cc3ccc(cc4nc(cc5ccc(cc1n2)[nH]5)C=C4)[nH]3.Nc1ccccc1CCc1ccccc1.[Ni]. The molecule has 4 N–H and O–H groups in total. The molecule has 5 aromatic rings. The van der Waals surface area contributed by atoms with Gasteiger partial charge >= 0.3 is 0 Å². The fraction of sp³-hybridized carbons (Fsp3) is 0.0588. The summed E-state index contributed by atoms with van der Waals surface area (Å²) in [4.78, 5) is 16.0. The molecule has 0 aliphatic carbocycles. The predicted molar refractivity (Wildman–Crippen MR) is 164 cm³/mol. The van der Waals surface area contributed by atoms with E-state index < -0.39 is 0 Å². The normalized spacial score (nSPS) is 11.4. The minimum Gasteiger partial charge on any atom is -0.399 e. The van der Waals surface area contributed by atoms with Crippen LogP contribution in [0.15, 0.2) is 103 Å². The van der Waals surface area contributed by atoms with E-state index >= 15 is 0 Å². The topological polar surface area (TPSA) is 83.4 Å². The van der Waals surface area contributed by atoms with Crippen LogP contribution in [0, 0.1) is 0 Å². The van der Waals surface area contributed by atoms with Crippen LogP contribution in [-0.4, -0.2) is 19.9 Å². The van der Waals surface area contributed by atoms with Gasteiger partial charge in [0.05, 0.1) is 22.8 Å². The number of H-pyrrole nitrogens is 2. The van der Waals surface area contributed by atoms with Crippen molar-refractivity contribution in [1.82, 2.24) is 19.9 Å². The molecular formula is C34H29N5Ni. The molecule has 200 valence electrons. The number of hydrogen-bond donors (Lipinski definition) is 3. The van der Waals surface area contributed by atoms with E-state index in [1.165, 1.54) is 11.1 Å². The van der Waals surface area contributed by atoms with Crippen molar-refractivity contribution in [2.75, 3.05) is 5.73 Å². The Kier molecular flexibility index (Phi) is 8.39. The van der Waals surface area contributed by atoms with Crippen LogP contribution in [-0.2, 0) is 29.3 Å². The summed E-state index contributed by atoms with van der Waals surface area (Å²) in [6.45, 7) is 0. The van der Waals surface area contributed by atoms with Crippen LogP contribution >= 0.6 is 0 Å². The molecule has 5 nitrogen and oxygen atoms in total. The molecule has 0 amide bonds. The minimum absolute atomic E-state index is 0. The second-order valence-electron chi connectivity index (χ2n) is 9.59. The Morgan fingerprint density at radius 2 is 0.925 bits per heavy atom. The molecule has 40 heavy (non-hydrogen) atoms. The largest absolute Gasteiger partial charge is 0.399 e. The standard InChI is InChI=1S/C20H14N4.C14H15N.Ni/c1-2-14-10-16-5-6-18(23-16)12-20-8-7-19(24-20)11-17-4-3-15(22-17)9-13(1)21-14;15-14-9-5-4-8-13(14)11-10-12-6-2-1-3-7-12;/h1-12,21,24H;1-9H,10-11,15H2;. The van der Waals surface area contributed by atoms with Gasteiger partial charge in [0.25, 0.3) is 0 Å². The zero-order valence-electron chi connectivity index (χ0n) is 21.8. The van der Waals surface area contributed by atoms with Crippen molar-refractivity contribution in [2.45, 2.75) is 12.8 Å². The zero-order chi connectivity index (χ0) is 26.4. The van der Waals surface area contributed by atoms with E-state index in [4.69, 9.17) is 5.73 Å². The molecule has 3 aromatic heterocycles. The van der Waals surface area contributed by atoms with Crippen LogP contribution in [0.1, 0.15) is 33.9 Å². The molecule has 0 fully saturated rings. The minimum atomic E-state index is 0. The number of rotatable bonds is 3. The average molecular weight is 566 g/mol. The number of nitrogens with one attached hydrogen (secondary N) is 2. The summed E-state index contributed by atoms with van der Waals surface area (Å²) in [6.07, 6.45) is 10.2. The van der Waals surface area contributed by atoms with Crippen LogP contribution < -0.4 is 5.73 Å². The molecule has 0 radical (unpaired) electrons. The first-order chi connectivity index (χ1) is 19.2. The molecule has 5 heterocycles. The first kappa shape index (κ1) is 26.9. The van der Waals surface area contributed by atoms with Crippen molar-refractivity contribution < 1.29 is 16.5 Å². The molecule has 8 bridgehead atoms. The van der Waals surface area contributed by atoms with E-state index in [1.807, 2.05) is 72.8 Å². The van der Waals surface area contributed by atoms with E-state index in [2.05, 4.69) is 74.5 Å². The van der Waals surface area contributed by atoms with Gasteiger partial charge in [-0.15, -0.1) is 0 Å². The van der Waals surface area contributed by atoms with Gasteiger partial charge in [-0.25, -0.2) is 9.97 Å². The first-order valence-electron chi connectivity index (χ1n) is 13.1. The summed E-state index contributed by atoms with van der Waals surface area (Å²) >= 11 is 0. The number of nitrogens with two attached hydrogens (primary N) is 1. The van der Waals surface area contributed by atoms with Gasteiger partial charge in [-0.2, -0.15) is 0 Å². The molecule has 0 atom stereocenters. The zero-order valence-corrected chi connectivity index (χ0v) is 22.8. The molecule has 2 aliphatic rings. The molecule has 0 saturated carbocycles.